The number of fused-ring (bicyclic) bond motifs is 7. The lowest BCUT2D eigenvalue weighted by Crippen LogP contribution is -2.33. The maximum atomic E-state index is 2.48. The topological polar surface area (TPSA) is 3.24 Å². The predicted molar refractivity (Wildman–Crippen MR) is 330 cm³/mol. The van der Waals surface area contributed by atoms with E-state index < -0.39 is 0 Å². The molecule has 77 heavy (non-hydrogen) atoms. The molecule has 0 bridgehead atoms. The van der Waals surface area contributed by atoms with Crippen molar-refractivity contribution in [1.82, 2.24) is 0 Å². The van der Waals surface area contributed by atoms with E-state index in [0.717, 1.165) is 36.3 Å². The van der Waals surface area contributed by atoms with E-state index in [2.05, 4.69) is 284 Å². The molecule has 0 heterocycles. The maximum Gasteiger partial charge on any atom is 0.0462 e. The van der Waals surface area contributed by atoms with Gasteiger partial charge in [-0.2, -0.15) is 0 Å². The predicted octanol–water partition coefficient (Wildman–Crippen LogP) is 19.4. The second-order valence-corrected chi connectivity index (χ2v) is 20.9. The minimum absolute atomic E-state index is 0.463. The largest absolute Gasteiger partial charge is 0.311 e. The molecule has 0 aliphatic heterocycles. The number of hydrogen-bond acceptors (Lipinski definition) is 1. The second kappa shape index (κ2) is 18.7. The van der Waals surface area contributed by atoms with Crippen LogP contribution >= 0.6 is 0 Å². The molecular weight excluding hydrogens is 927 g/mol. The second-order valence-electron chi connectivity index (χ2n) is 20.9. The van der Waals surface area contributed by atoms with Crippen molar-refractivity contribution in [2.45, 2.75) is 19.3 Å². The van der Waals surface area contributed by atoms with E-state index in [0.29, 0.717) is 5.92 Å². The molecule has 362 valence electrons. The van der Waals surface area contributed by atoms with Gasteiger partial charge in [-0.15, -0.1) is 0 Å². The van der Waals surface area contributed by atoms with Crippen LogP contribution in [0.15, 0.2) is 273 Å². The van der Waals surface area contributed by atoms with E-state index in [1.165, 1.54) is 126 Å². The summed E-state index contributed by atoms with van der Waals surface area (Å²) in [4.78, 5) is 2.38. The van der Waals surface area contributed by atoms with Gasteiger partial charge in [-0.25, -0.2) is 0 Å². The minimum atomic E-state index is 0.463. The third-order valence-electron chi connectivity index (χ3n) is 16.5. The molecule has 0 saturated heterocycles. The van der Waals surface area contributed by atoms with Gasteiger partial charge in [0.2, 0.25) is 0 Å². The van der Waals surface area contributed by atoms with E-state index in [1.807, 2.05) is 0 Å². The Hall–Kier alpha value is -9.56. The van der Waals surface area contributed by atoms with Crippen molar-refractivity contribution in [3.8, 4) is 44.5 Å². The molecule has 0 fully saturated rings. The summed E-state index contributed by atoms with van der Waals surface area (Å²) in [6.07, 6.45) is 22.1. The summed E-state index contributed by atoms with van der Waals surface area (Å²) in [6.45, 7) is 0. The molecule has 1 heteroatoms. The number of rotatable bonds is 8. The van der Waals surface area contributed by atoms with Crippen LogP contribution < -0.4 is 15.3 Å². The zero-order valence-corrected chi connectivity index (χ0v) is 42.7. The standard InChI is InChI=1S/C76H53N/c1-2-22-62(23-3-1)77(64-43-38-54(39-44-64)73-65-24-10-12-26-67(65)74(68-27-13-11-25-66(68)73)59-33-30-50-16-4-7-19-55(50)46-59)63-41-36-53(37-42-63)58-40-45-71-72(49-58)76(61-35-32-52-18-6-9-21-57(52)48-61)70-29-15-14-28-69(70)75(71)60-34-31-51-17-5-8-20-56(51)47-60/h1-10,12,14-15,17-50H,11,13,16H2. The molecule has 1 unspecified atom stereocenters. The van der Waals surface area contributed by atoms with E-state index in [1.54, 1.807) is 0 Å². The van der Waals surface area contributed by atoms with Gasteiger partial charge >= 0.3 is 0 Å². The van der Waals surface area contributed by atoms with Crippen LogP contribution in [0.25, 0.3) is 116 Å². The van der Waals surface area contributed by atoms with Gasteiger partial charge in [0.1, 0.15) is 0 Å². The molecule has 0 N–H and O–H groups in total. The molecule has 0 aromatic heterocycles. The Balaban J connectivity index is 0.840. The van der Waals surface area contributed by atoms with Crippen molar-refractivity contribution in [2.75, 3.05) is 4.90 Å². The summed E-state index contributed by atoms with van der Waals surface area (Å²) in [5.41, 5.74) is 17.2. The van der Waals surface area contributed by atoms with Gasteiger partial charge in [-0.3, -0.25) is 0 Å². The minimum Gasteiger partial charge on any atom is -0.311 e. The molecule has 3 aliphatic rings. The average molecular weight is 980 g/mol. The fraction of sp³-hybridized carbons (Fsp3) is 0.0526. The molecule has 1 nitrogen and oxygen atoms in total. The zero-order chi connectivity index (χ0) is 50.8. The third-order valence-corrected chi connectivity index (χ3v) is 16.5. The molecule has 15 rings (SSSR count). The molecule has 0 saturated carbocycles. The lowest BCUT2D eigenvalue weighted by atomic mass is 9.81. The Labute approximate surface area is 449 Å². The summed E-state index contributed by atoms with van der Waals surface area (Å²) in [6, 6.07) is 85.7. The van der Waals surface area contributed by atoms with Crippen LogP contribution in [-0.4, -0.2) is 0 Å². The normalized spacial score (nSPS) is 14.7. The fourth-order valence-corrected chi connectivity index (χ4v) is 12.9. The Morgan fingerprint density at radius 3 is 1.47 bits per heavy atom. The summed E-state index contributed by atoms with van der Waals surface area (Å²) in [5, 5.41) is 15.3. The van der Waals surface area contributed by atoms with Gasteiger partial charge < -0.3 is 4.90 Å². The molecule has 1 atom stereocenters. The van der Waals surface area contributed by atoms with Crippen LogP contribution in [-0.2, 0) is 0 Å². The first kappa shape index (κ1) is 44.9. The summed E-state index contributed by atoms with van der Waals surface area (Å²) in [7, 11) is 0. The molecule has 0 radical (unpaired) electrons. The number of benzene rings is 12. The number of hydrogen-bond donors (Lipinski definition) is 0. The highest BCUT2D eigenvalue weighted by Gasteiger charge is 2.23. The Morgan fingerprint density at radius 2 is 0.831 bits per heavy atom. The SMILES string of the molecule is C1=CCC2C=CC(c3c4c(c(-c5ccc(N(c6ccccc6)c6ccc(-c7ccc8c(-c9ccc%10ccccc%10c9)c9ccccc9c(-c9ccc%10ccccc%10c9)c8c7)cc6)cc5)c5ccccc35)=CCCC=4)=CC2=C1. The zero-order valence-electron chi connectivity index (χ0n) is 42.7. The Bertz CT molecular complexity index is 4630. The first-order valence-electron chi connectivity index (χ1n) is 27.2. The van der Waals surface area contributed by atoms with E-state index in [-0.39, 0.29) is 0 Å². The van der Waals surface area contributed by atoms with Crippen molar-refractivity contribution in [3.63, 3.8) is 0 Å². The van der Waals surface area contributed by atoms with Gasteiger partial charge in [0.15, 0.2) is 0 Å². The van der Waals surface area contributed by atoms with Crippen LogP contribution in [0.4, 0.5) is 17.1 Å². The average Bonchev–Trinajstić information content (AvgIpc) is 3.56. The first-order chi connectivity index (χ1) is 38.2. The van der Waals surface area contributed by atoms with Gasteiger partial charge in [-0.05, 0) is 199 Å². The van der Waals surface area contributed by atoms with Gasteiger partial charge in [-0.1, -0.05) is 225 Å². The third kappa shape index (κ3) is 7.77. The quantitative estimate of drug-likeness (QED) is 0.137. The van der Waals surface area contributed by atoms with E-state index >= 15 is 0 Å². The monoisotopic (exact) mass is 979 g/mol. The molecule has 0 spiro atoms. The lowest BCUT2D eigenvalue weighted by molar-refractivity contribution is 0.781. The van der Waals surface area contributed by atoms with Crippen LogP contribution in [0.5, 0.6) is 0 Å². The fourth-order valence-electron chi connectivity index (χ4n) is 12.9. The highest BCUT2D eigenvalue weighted by molar-refractivity contribution is 6.22. The first-order valence-corrected chi connectivity index (χ1v) is 27.2. The Kier molecular flexibility index (Phi) is 10.9. The van der Waals surface area contributed by atoms with E-state index in [4.69, 9.17) is 0 Å². The van der Waals surface area contributed by atoms with Gasteiger partial charge in [0.25, 0.3) is 0 Å². The number of nitrogens with zero attached hydrogens (tertiary/aromatic N) is 1. The summed E-state index contributed by atoms with van der Waals surface area (Å²) >= 11 is 0. The van der Waals surface area contributed by atoms with Gasteiger partial charge in [0.05, 0.1) is 0 Å². The number of para-hydroxylation sites is 1. The van der Waals surface area contributed by atoms with Crippen molar-refractivity contribution >= 4 is 88.6 Å². The maximum absolute atomic E-state index is 2.48. The smallest absolute Gasteiger partial charge is 0.0462 e. The van der Waals surface area contributed by atoms with E-state index in [9.17, 15) is 0 Å². The molecule has 3 aliphatic carbocycles. The molecular formula is C76H53N. The molecule has 12 aromatic carbocycles. The molecule has 0 amide bonds. The van der Waals surface area contributed by atoms with Crippen LogP contribution in [0.2, 0.25) is 0 Å². The van der Waals surface area contributed by atoms with Crippen LogP contribution in [0.3, 0.4) is 0 Å². The van der Waals surface area contributed by atoms with Crippen molar-refractivity contribution < 1.29 is 0 Å². The summed E-state index contributed by atoms with van der Waals surface area (Å²) < 4.78 is 0. The van der Waals surface area contributed by atoms with Crippen LogP contribution in [0, 0.1) is 5.92 Å². The van der Waals surface area contributed by atoms with Crippen molar-refractivity contribution in [2.24, 2.45) is 5.92 Å². The van der Waals surface area contributed by atoms with Crippen molar-refractivity contribution in [1.29, 1.82) is 0 Å². The summed E-state index contributed by atoms with van der Waals surface area (Å²) in [5.74, 6) is 0.463. The van der Waals surface area contributed by atoms with Crippen molar-refractivity contribution in [3.05, 3.63) is 289 Å². The molecule has 12 aromatic rings. The van der Waals surface area contributed by atoms with Crippen LogP contribution in [0.1, 0.15) is 24.8 Å². The van der Waals surface area contributed by atoms with Gasteiger partial charge in [0, 0.05) is 23.0 Å². The lowest BCUT2D eigenvalue weighted by Gasteiger charge is -2.26. The number of allylic oxidation sites excluding steroid dienone is 8. The number of anilines is 3. The Morgan fingerprint density at radius 1 is 0.351 bits per heavy atom. The highest BCUT2D eigenvalue weighted by atomic mass is 15.1. The highest BCUT2D eigenvalue weighted by Crippen LogP contribution is 2.47.